The van der Waals surface area contributed by atoms with Crippen molar-refractivity contribution in [1.82, 2.24) is 0 Å². The zero-order chi connectivity index (χ0) is 15.2. The summed E-state index contributed by atoms with van der Waals surface area (Å²) in [5.74, 6) is -0.359. The van der Waals surface area contributed by atoms with Gasteiger partial charge in [0.05, 0.1) is 13.5 Å². The molecule has 0 fully saturated rings. The Labute approximate surface area is 132 Å². The second-order valence-electron chi connectivity index (χ2n) is 4.54. The number of halogens is 1. The quantitative estimate of drug-likeness (QED) is 0.470. The molecule has 0 N–H and O–H groups in total. The van der Waals surface area contributed by atoms with E-state index in [0.29, 0.717) is 5.56 Å². The molecule has 4 heteroatoms. The van der Waals surface area contributed by atoms with Crippen LogP contribution in [0, 0.1) is 0 Å². The molecular formula is C17H15BrO3. The first kappa shape index (κ1) is 15.4. The van der Waals surface area contributed by atoms with Crippen LogP contribution >= 0.6 is 15.9 Å². The number of carbonyl (C=O) groups excluding carboxylic acids is 2. The molecule has 108 valence electrons. The summed E-state index contributed by atoms with van der Waals surface area (Å²) in [6.07, 6.45) is 0.150. The van der Waals surface area contributed by atoms with Crippen molar-refractivity contribution in [2.45, 2.75) is 11.2 Å². The van der Waals surface area contributed by atoms with E-state index in [4.69, 9.17) is 4.74 Å². The third-order valence-electron chi connectivity index (χ3n) is 3.18. The zero-order valence-electron chi connectivity index (χ0n) is 11.6. The Balaban J connectivity index is 2.29. The Bertz CT molecular complexity index is 637. The van der Waals surface area contributed by atoms with Crippen molar-refractivity contribution in [3.8, 4) is 0 Å². The molecule has 0 spiro atoms. The largest absolute Gasteiger partial charge is 0.469 e. The zero-order valence-corrected chi connectivity index (χ0v) is 13.2. The SMILES string of the molecule is COC(=O)Cc1ccccc1C(Br)C(=O)c1ccccc1. The van der Waals surface area contributed by atoms with Gasteiger partial charge in [-0.25, -0.2) is 0 Å². The van der Waals surface area contributed by atoms with Gasteiger partial charge in [-0.3, -0.25) is 9.59 Å². The summed E-state index contributed by atoms with van der Waals surface area (Å²) in [4.78, 5) is 23.5. The second-order valence-corrected chi connectivity index (χ2v) is 5.46. The van der Waals surface area contributed by atoms with Gasteiger partial charge in [0.1, 0.15) is 4.83 Å². The molecule has 2 aromatic rings. The lowest BCUT2D eigenvalue weighted by molar-refractivity contribution is -0.139. The number of ketones is 1. The van der Waals surface area contributed by atoms with E-state index in [0.717, 1.165) is 11.1 Å². The van der Waals surface area contributed by atoms with Gasteiger partial charge in [0.15, 0.2) is 5.78 Å². The topological polar surface area (TPSA) is 43.4 Å². The fourth-order valence-corrected chi connectivity index (χ4v) is 2.77. The molecule has 2 aromatic carbocycles. The number of esters is 1. The Morgan fingerprint density at radius 3 is 2.33 bits per heavy atom. The van der Waals surface area contributed by atoms with Crippen LogP contribution < -0.4 is 0 Å². The minimum absolute atomic E-state index is 0.0343. The van der Waals surface area contributed by atoms with Crippen molar-refractivity contribution >= 4 is 27.7 Å². The highest BCUT2D eigenvalue weighted by Gasteiger charge is 2.22. The average molecular weight is 347 g/mol. The molecule has 2 rings (SSSR count). The standard InChI is InChI=1S/C17H15BrO3/c1-21-15(19)11-13-9-5-6-10-14(13)16(18)17(20)12-7-3-2-4-8-12/h2-10,16H,11H2,1H3. The maximum atomic E-state index is 12.5. The average Bonchev–Trinajstić information content (AvgIpc) is 2.54. The molecule has 0 saturated heterocycles. The van der Waals surface area contributed by atoms with Crippen LogP contribution in [0.4, 0.5) is 0 Å². The maximum absolute atomic E-state index is 12.5. The van der Waals surface area contributed by atoms with Crippen LogP contribution in [-0.4, -0.2) is 18.9 Å². The lowest BCUT2D eigenvalue weighted by Crippen LogP contribution is -2.12. The molecule has 1 atom stereocenters. The highest BCUT2D eigenvalue weighted by molar-refractivity contribution is 9.09. The number of alkyl halides is 1. The van der Waals surface area contributed by atoms with Gasteiger partial charge >= 0.3 is 5.97 Å². The van der Waals surface area contributed by atoms with E-state index in [1.165, 1.54) is 7.11 Å². The molecule has 0 heterocycles. The molecular weight excluding hydrogens is 332 g/mol. The summed E-state index contributed by atoms with van der Waals surface area (Å²) < 4.78 is 4.69. The van der Waals surface area contributed by atoms with E-state index < -0.39 is 4.83 Å². The summed E-state index contributed by atoms with van der Waals surface area (Å²) in [6, 6.07) is 16.4. The molecule has 0 bridgehead atoms. The normalized spacial score (nSPS) is 11.7. The predicted molar refractivity (Wildman–Crippen MR) is 84.6 cm³/mol. The van der Waals surface area contributed by atoms with Crippen molar-refractivity contribution < 1.29 is 14.3 Å². The number of carbonyl (C=O) groups is 2. The van der Waals surface area contributed by atoms with Crippen LogP contribution in [0.25, 0.3) is 0 Å². The summed E-state index contributed by atoms with van der Waals surface area (Å²) >= 11 is 3.45. The first-order valence-electron chi connectivity index (χ1n) is 6.51. The molecule has 0 amide bonds. The molecule has 0 saturated carbocycles. The Morgan fingerprint density at radius 1 is 1.05 bits per heavy atom. The van der Waals surface area contributed by atoms with Gasteiger partial charge < -0.3 is 4.74 Å². The number of Topliss-reactive ketones (excluding diaryl/α,β-unsaturated/α-hetero) is 1. The van der Waals surface area contributed by atoms with E-state index in [-0.39, 0.29) is 18.2 Å². The Kier molecular flexibility index (Phi) is 5.28. The lowest BCUT2D eigenvalue weighted by atomic mass is 9.97. The summed E-state index contributed by atoms with van der Waals surface area (Å²) in [6.45, 7) is 0. The van der Waals surface area contributed by atoms with Gasteiger partial charge in [-0.05, 0) is 11.1 Å². The van der Waals surface area contributed by atoms with Crippen molar-refractivity contribution in [1.29, 1.82) is 0 Å². The third-order valence-corrected chi connectivity index (χ3v) is 4.09. The fourth-order valence-electron chi connectivity index (χ4n) is 2.06. The van der Waals surface area contributed by atoms with Crippen LogP contribution in [0.5, 0.6) is 0 Å². The maximum Gasteiger partial charge on any atom is 0.309 e. The molecule has 0 radical (unpaired) electrons. The summed E-state index contributed by atoms with van der Waals surface area (Å²) in [5, 5.41) is 0. The van der Waals surface area contributed by atoms with Gasteiger partial charge in [-0.1, -0.05) is 70.5 Å². The van der Waals surface area contributed by atoms with Gasteiger partial charge in [-0.2, -0.15) is 0 Å². The molecule has 21 heavy (non-hydrogen) atoms. The van der Waals surface area contributed by atoms with Crippen molar-refractivity contribution in [3.63, 3.8) is 0 Å². The molecule has 0 aliphatic carbocycles. The van der Waals surface area contributed by atoms with Crippen LogP contribution in [0.2, 0.25) is 0 Å². The van der Waals surface area contributed by atoms with E-state index in [2.05, 4.69) is 15.9 Å². The van der Waals surface area contributed by atoms with Crippen molar-refractivity contribution in [3.05, 3.63) is 71.3 Å². The molecule has 0 aromatic heterocycles. The first-order valence-corrected chi connectivity index (χ1v) is 7.43. The molecule has 3 nitrogen and oxygen atoms in total. The number of rotatable bonds is 5. The van der Waals surface area contributed by atoms with Gasteiger partial charge in [0.2, 0.25) is 0 Å². The van der Waals surface area contributed by atoms with E-state index in [1.807, 2.05) is 42.5 Å². The highest BCUT2D eigenvalue weighted by Crippen LogP contribution is 2.30. The fraction of sp³-hybridized carbons (Fsp3) is 0.176. The van der Waals surface area contributed by atoms with E-state index in [9.17, 15) is 9.59 Å². The van der Waals surface area contributed by atoms with Crippen LogP contribution in [0.15, 0.2) is 54.6 Å². The van der Waals surface area contributed by atoms with Crippen molar-refractivity contribution in [2.24, 2.45) is 0 Å². The Morgan fingerprint density at radius 2 is 1.67 bits per heavy atom. The highest BCUT2D eigenvalue weighted by atomic mass is 79.9. The smallest absolute Gasteiger partial charge is 0.309 e. The molecule has 0 aliphatic rings. The number of hydrogen-bond acceptors (Lipinski definition) is 3. The van der Waals surface area contributed by atoms with Gasteiger partial charge in [0, 0.05) is 5.56 Å². The van der Waals surface area contributed by atoms with Crippen LogP contribution in [0.1, 0.15) is 26.3 Å². The minimum Gasteiger partial charge on any atom is -0.469 e. The van der Waals surface area contributed by atoms with Crippen molar-refractivity contribution in [2.75, 3.05) is 7.11 Å². The lowest BCUT2D eigenvalue weighted by Gasteiger charge is -2.14. The van der Waals surface area contributed by atoms with E-state index >= 15 is 0 Å². The summed E-state index contributed by atoms with van der Waals surface area (Å²) in [7, 11) is 1.35. The molecule has 0 aliphatic heterocycles. The Hall–Kier alpha value is -1.94. The van der Waals surface area contributed by atoms with E-state index in [1.54, 1.807) is 12.1 Å². The number of methoxy groups -OCH3 is 1. The third kappa shape index (κ3) is 3.79. The first-order chi connectivity index (χ1) is 10.1. The minimum atomic E-state index is -0.485. The van der Waals surface area contributed by atoms with Gasteiger partial charge in [-0.15, -0.1) is 0 Å². The monoisotopic (exact) mass is 346 g/mol. The molecule has 1 unspecified atom stereocenters. The van der Waals surface area contributed by atoms with Gasteiger partial charge in [0.25, 0.3) is 0 Å². The second kappa shape index (κ2) is 7.18. The number of hydrogen-bond donors (Lipinski definition) is 0. The summed E-state index contributed by atoms with van der Waals surface area (Å²) in [5.41, 5.74) is 2.21. The van der Waals surface area contributed by atoms with Crippen LogP contribution in [0.3, 0.4) is 0 Å². The number of benzene rings is 2. The number of ether oxygens (including phenoxy) is 1. The van der Waals surface area contributed by atoms with Crippen LogP contribution in [-0.2, 0) is 16.0 Å². The predicted octanol–water partition coefficient (Wildman–Crippen LogP) is 3.72.